The average molecular weight is 172 g/mol. The Morgan fingerprint density at radius 2 is 2.00 bits per heavy atom. The lowest BCUT2D eigenvalue weighted by Crippen LogP contribution is -2.10. The van der Waals surface area contributed by atoms with E-state index in [0.29, 0.717) is 0 Å². The molecule has 0 heterocycles. The Hall–Kier alpha value is -0.570. The molecule has 0 radical (unpaired) electrons. The molecule has 3 heteroatoms. The Balaban J connectivity index is 2.54. The van der Waals surface area contributed by atoms with Crippen LogP contribution >= 0.6 is 0 Å². The molecule has 2 atom stereocenters. The van der Waals surface area contributed by atoms with Crippen molar-refractivity contribution in [1.82, 2.24) is 0 Å². The van der Waals surface area contributed by atoms with Gasteiger partial charge in [-0.1, -0.05) is 13.8 Å². The van der Waals surface area contributed by atoms with Crippen LogP contribution in [0.1, 0.15) is 27.7 Å². The smallest absolute Gasteiger partial charge is 0.309 e. The van der Waals surface area contributed by atoms with Gasteiger partial charge in [-0.15, -0.1) is 0 Å². The second-order valence-electron chi connectivity index (χ2n) is 4.24. The average Bonchev–Trinajstić information content (AvgIpc) is 2.32. The van der Waals surface area contributed by atoms with E-state index in [1.807, 2.05) is 27.7 Å². The summed E-state index contributed by atoms with van der Waals surface area (Å²) in [4.78, 5) is 10.7. The minimum atomic E-state index is -0.745. The Morgan fingerprint density at radius 1 is 1.50 bits per heavy atom. The molecule has 70 valence electrons. The van der Waals surface area contributed by atoms with Crippen LogP contribution in [-0.4, -0.2) is 23.3 Å². The number of hydrogen-bond acceptors (Lipinski definition) is 2. The van der Waals surface area contributed by atoms with Gasteiger partial charge in [0.15, 0.2) is 0 Å². The highest BCUT2D eigenvalue weighted by Crippen LogP contribution is 2.54. The van der Waals surface area contributed by atoms with Crippen molar-refractivity contribution in [3.05, 3.63) is 0 Å². The molecule has 12 heavy (non-hydrogen) atoms. The molecule has 0 aromatic rings. The summed E-state index contributed by atoms with van der Waals surface area (Å²) in [6.07, 6.45) is 0.00799. The lowest BCUT2D eigenvalue weighted by molar-refractivity contribution is -0.140. The maximum Gasteiger partial charge on any atom is 0.309 e. The summed E-state index contributed by atoms with van der Waals surface area (Å²) in [6, 6.07) is 0. The van der Waals surface area contributed by atoms with Gasteiger partial charge in [0.2, 0.25) is 0 Å². The topological polar surface area (TPSA) is 46.5 Å². The van der Waals surface area contributed by atoms with Crippen LogP contribution in [0.4, 0.5) is 0 Å². The molecule has 1 N–H and O–H groups in total. The zero-order chi connectivity index (χ0) is 9.52. The molecule has 0 saturated heterocycles. The van der Waals surface area contributed by atoms with Gasteiger partial charge < -0.3 is 9.84 Å². The fourth-order valence-electron chi connectivity index (χ4n) is 1.59. The monoisotopic (exact) mass is 172 g/mol. The van der Waals surface area contributed by atoms with Gasteiger partial charge in [0.25, 0.3) is 0 Å². The van der Waals surface area contributed by atoms with E-state index >= 15 is 0 Å². The normalized spacial score (nSPS) is 32.1. The SMILES string of the molecule is CC(C)OC1C(C(=O)O)C1(C)C. The van der Waals surface area contributed by atoms with Crippen molar-refractivity contribution in [3.8, 4) is 0 Å². The molecule has 0 aromatic carbocycles. The van der Waals surface area contributed by atoms with Gasteiger partial charge in [-0.25, -0.2) is 0 Å². The van der Waals surface area contributed by atoms with Crippen molar-refractivity contribution in [2.75, 3.05) is 0 Å². The van der Waals surface area contributed by atoms with Crippen LogP contribution in [0.3, 0.4) is 0 Å². The molecule has 0 amide bonds. The molecule has 1 aliphatic carbocycles. The second kappa shape index (κ2) is 2.73. The van der Waals surface area contributed by atoms with E-state index in [1.165, 1.54) is 0 Å². The summed E-state index contributed by atoms with van der Waals surface area (Å²) in [6.45, 7) is 7.71. The van der Waals surface area contributed by atoms with E-state index in [1.54, 1.807) is 0 Å². The fraction of sp³-hybridized carbons (Fsp3) is 0.889. The van der Waals surface area contributed by atoms with Crippen molar-refractivity contribution < 1.29 is 14.6 Å². The summed E-state index contributed by atoms with van der Waals surface area (Å²) < 4.78 is 5.47. The Bertz CT molecular complexity index is 196. The molecule has 0 bridgehead atoms. The van der Waals surface area contributed by atoms with Crippen LogP contribution in [0.5, 0.6) is 0 Å². The molecular formula is C9H16O3. The standard InChI is InChI=1S/C9H16O3/c1-5(2)12-7-6(8(10)11)9(7,3)4/h5-7H,1-4H3,(H,10,11). The van der Waals surface area contributed by atoms with Crippen molar-refractivity contribution in [1.29, 1.82) is 0 Å². The van der Waals surface area contributed by atoms with Crippen LogP contribution in [0.25, 0.3) is 0 Å². The highest BCUT2D eigenvalue weighted by Gasteiger charge is 2.63. The van der Waals surface area contributed by atoms with Crippen molar-refractivity contribution >= 4 is 5.97 Å². The van der Waals surface area contributed by atoms with E-state index in [0.717, 1.165) is 0 Å². The van der Waals surface area contributed by atoms with Gasteiger partial charge >= 0.3 is 5.97 Å². The third-order valence-corrected chi connectivity index (χ3v) is 2.41. The van der Waals surface area contributed by atoms with Gasteiger partial charge in [0.05, 0.1) is 18.1 Å². The molecule has 1 aliphatic rings. The molecule has 1 fully saturated rings. The lowest BCUT2D eigenvalue weighted by Gasteiger charge is -2.07. The van der Waals surface area contributed by atoms with Crippen LogP contribution in [0.2, 0.25) is 0 Å². The van der Waals surface area contributed by atoms with Crippen molar-refractivity contribution in [2.24, 2.45) is 11.3 Å². The summed E-state index contributed by atoms with van der Waals surface area (Å²) in [7, 11) is 0. The number of carboxylic acids is 1. The van der Waals surface area contributed by atoms with Crippen LogP contribution < -0.4 is 0 Å². The minimum Gasteiger partial charge on any atom is -0.481 e. The Morgan fingerprint density at radius 3 is 2.25 bits per heavy atom. The number of carbonyl (C=O) groups is 1. The van der Waals surface area contributed by atoms with E-state index in [9.17, 15) is 4.79 Å². The molecule has 3 nitrogen and oxygen atoms in total. The summed E-state index contributed by atoms with van der Waals surface area (Å²) in [5.41, 5.74) is -0.184. The first kappa shape index (κ1) is 9.52. The van der Waals surface area contributed by atoms with E-state index < -0.39 is 5.97 Å². The fourth-order valence-corrected chi connectivity index (χ4v) is 1.59. The third kappa shape index (κ3) is 1.46. The first-order valence-electron chi connectivity index (χ1n) is 4.25. The van der Waals surface area contributed by atoms with Crippen molar-refractivity contribution in [3.63, 3.8) is 0 Å². The summed E-state index contributed by atoms with van der Waals surface area (Å²) in [5.74, 6) is -1.06. The van der Waals surface area contributed by atoms with E-state index in [4.69, 9.17) is 9.84 Å². The van der Waals surface area contributed by atoms with Gasteiger partial charge in [-0.05, 0) is 13.8 Å². The quantitative estimate of drug-likeness (QED) is 0.702. The Labute approximate surface area is 72.7 Å². The second-order valence-corrected chi connectivity index (χ2v) is 4.24. The number of rotatable bonds is 3. The largest absolute Gasteiger partial charge is 0.481 e. The minimum absolute atomic E-state index is 0.102. The summed E-state index contributed by atoms with van der Waals surface area (Å²) in [5, 5.41) is 8.79. The maximum atomic E-state index is 10.7. The molecule has 0 spiro atoms. The Kier molecular flexibility index (Phi) is 2.17. The molecule has 0 aliphatic heterocycles. The van der Waals surface area contributed by atoms with Gasteiger partial charge in [0, 0.05) is 5.41 Å². The highest BCUT2D eigenvalue weighted by atomic mass is 16.5. The van der Waals surface area contributed by atoms with E-state index in [-0.39, 0.29) is 23.5 Å². The molecule has 1 saturated carbocycles. The lowest BCUT2D eigenvalue weighted by atomic mass is 10.1. The van der Waals surface area contributed by atoms with Crippen LogP contribution in [0.15, 0.2) is 0 Å². The predicted octanol–water partition coefficient (Wildman–Crippen LogP) is 1.52. The summed E-state index contributed by atoms with van der Waals surface area (Å²) >= 11 is 0. The molecule has 1 rings (SSSR count). The number of aliphatic carboxylic acids is 1. The highest BCUT2D eigenvalue weighted by molar-refractivity contribution is 5.76. The number of ether oxygens (including phenoxy) is 1. The van der Waals surface area contributed by atoms with Gasteiger partial charge in [0.1, 0.15) is 0 Å². The predicted molar refractivity (Wildman–Crippen MR) is 44.9 cm³/mol. The van der Waals surface area contributed by atoms with Crippen LogP contribution in [-0.2, 0) is 9.53 Å². The molecular weight excluding hydrogens is 156 g/mol. The zero-order valence-electron chi connectivity index (χ0n) is 8.00. The van der Waals surface area contributed by atoms with Gasteiger partial charge in [-0.2, -0.15) is 0 Å². The first-order valence-corrected chi connectivity index (χ1v) is 4.25. The number of carboxylic acid groups (broad SMARTS) is 1. The zero-order valence-corrected chi connectivity index (χ0v) is 8.00. The molecule has 0 aromatic heterocycles. The maximum absolute atomic E-state index is 10.7. The third-order valence-electron chi connectivity index (χ3n) is 2.41. The van der Waals surface area contributed by atoms with E-state index in [2.05, 4.69) is 0 Å². The van der Waals surface area contributed by atoms with Gasteiger partial charge in [-0.3, -0.25) is 4.79 Å². The van der Waals surface area contributed by atoms with Crippen LogP contribution in [0, 0.1) is 11.3 Å². The molecule has 2 unspecified atom stereocenters. The number of hydrogen-bond donors (Lipinski definition) is 1. The first-order chi connectivity index (χ1) is 5.37. The van der Waals surface area contributed by atoms with Crippen molar-refractivity contribution in [2.45, 2.75) is 39.9 Å².